The molecule has 0 aliphatic rings. The number of rotatable bonds is 1. The summed E-state index contributed by atoms with van der Waals surface area (Å²) in [6, 6.07) is 1.53. The van der Waals surface area contributed by atoms with E-state index >= 15 is 0 Å². The predicted molar refractivity (Wildman–Crippen MR) is 25.5 cm³/mol. The van der Waals surface area contributed by atoms with Crippen LogP contribution in [0.1, 0.15) is 16.2 Å². The molecule has 1 aromatic heterocycles. The number of hydrogen-bond donors (Lipinski definition) is 0. The number of aromatic carboxylic acids is 1. The number of oxazole rings is 1. The summed E-state index contributed by atoms with van der Waals surface area (Å²) in [4.78, 5) is 13.4. The van der Waals surface area contributed by atoms with E-state index in [4.69, 9.17) is 5.26 Å². The molecule has 0 bridgehead atoms. The van der Waals surface area contributed by atoms with Crippen LogP contribution in [0, 0.1) is 11.3 Å². The van der Waals surface area contributed by atoms with Crippen molar-refractivity contribution >= 4 is 5.97 Å². The molecule has 1 rings (SSSR count). The molecule has 0 saturated carbocycles. The molecule has 5 nitrogen and oxygen atoms in total. The van der Waals surface area contributed by atoms with Crippen LogP contribution in [0.5, 0.6) is 0 Å². The van der Waals surface area contributed by atoms with Gasteiger partial charge in [0.15, 0.2) is 17.8 Å². The third kappa shape index (κ3) is 1.84. The molecule has 0 saturated heterocycles. The van der Waals surface area contributed by atoms with Crippen LogP contribution < -0.4 is 24.0 Å². The molecule has 0 radical (unpaired) electrons. The smallest absolute Gasteiger partial charge is 0.541 e. The molecule has 0 fully saturated rings. The fraction of sp³-hybridized carbons (Fsp3) is 0. The molecule has 0 spiro atoms. The van der Waals surface area contributed by atoms with Gasteiger partial charge in [0.1, 0.15) is 12.0 Å². The molecule has 0 amide bonds. The van der Waals surface area contributed by atoms with Crippen molar-refractivity contribution in [2.75, 3.05) is 0 Å². The molecule has 0 aliphatic carbocycles. The number of hydrogen-bond acceptors (Lipinski definition) is 5. The normalized spacial score (nSPS) is 7.91. The third-order valence-corrected chi connectivity index (χ3v) is 0.859. The summed E-state index contributed by atoms with van der Waals surface area (Å²) in [5, 5.41) is 18.2. The molecule has 6 heteroatoms. The molecule has 0 aliphatic heterocycles. The van der Waals surface area contributed by atoms with E-state index in [1.54, 1.807) is 0 Å². The van der Waals surface area contributed by atoms with Gasteiger partial charge in [-0.3, -0.25) is 0 Å². The van der Waals surface area contributed by atoms with Crippen LogP contribution in [0.4, 0.5) is 0 Å². The Morgan fingerprint density at radius 2 is 2.45 bits per heavy atom. The average Bonchev–Trinajstić information content (AvgIpc) is 2.33. The van der Waals surface area contributed by atoms with Crippen molar-refractivity contribution in [2.24, 2.45) is 0 Å². The van der Waals surface area contributed by atoms with Crippen LogP contribution in [0.2, 0.25) is 0 Å². The fourth-order valence-electron chi connectivity index (χ4n) is 0.471. The Labute approximate surface area is 73.8 Å². The van der Waals surface area contributed by atoms with Crippen molar-refractivity contribution in [1.29, 1.82) is 5.26 Å². The maximum atomic E-state index is 10.0. The SMILES string of the molecule is N#Cc1ncoc1C(=O)[O-].[Li+]. The zero-order valence-electron chi connectivity index (χ0n) is 5.70. The minimum atomic E-state index is -1.53. The number of nitrogens with zero attached hydrogens (tertiary/aromatic N) is 2. The molecule has 1 aromatic rings. The molecule has 0 unspecified atom stereocenters. The van der Waals surface area contributed by atoms with Gasteiger partial charge in [-0.25, -0.2) is 4.98 Å². The van der Waals surface area contributed by atoms with Gasteiger partial charge >= 0.3 is 18.9 Å². The van der Waals surface area contributed by atoms with E-state index in [-0.39, 0.29) is 24.6 Å². The summed E-state index contributed by atoms with van der Waals surface area (Å²) in [5.74, 6) is -2.06. The van der Waals surface area contributed by atoms with Crippen LogP contribution in [-0.4, -0.2) is 11.0 Å². The van der Waals surface area contributed by atoms with Gasteiger partial charge in [-0.1, -0.05) is 0 Å². The first-order valence-electron chi connectivity index (χ1n) is 2.30. The average molecular weight is 144 g/mol. The van der Waals surface area contributed by atoms with E-state index in [0.717, 1.165) is 6.39 Å². The first-order valence-corrected chi connectivity index (χ1v) is 2.30. The van der Waals surface area contributed by atoms with Crippen LogP contribution >= 0.6 is 0 Å². The molecule has 11 heavy (non-hydrogen) atoms. The molecular formula is C5HLiN2O3. The molecule has 50 valence electrons. The van der Waals surface area contributed by atoms with Crippen LogP contribution in [0.3, 0.4) is 0 Å². The van der Waals surface area contributed by atoms with E-state index in [9.17, 15) is 9.90 Å². The van der Waals surface area contributed by atoms with Gasteiger partial charge in [-0.15, -0.1) is 0 Å². The topological polar surface area (TPSA) is 90.0 Å². The zero-order chi connectivity index (χ0) is 7.56. The van der Waals surface area contributed by atoms with Crippen molar-refractivity contribution < 1.29 is 33.2 Å². The second-order valence-corrected chi connectivity index (χ2v) is 1.43. The van der Waals surface area contributed by atoms with E-state index in [0.29, 0.717) is 0 Å². The van der Waals surface area contributed by atoms with Gasteiger partial charge in [0.2, 0.25) is 0 Å². The molecule has 1 heterocycles. The number of carboxylic acids is 1. The number of carbonyl (C=O) groups is 1. The summed E-state index contributed by atoms with van der Waals surface area (Å²) < 4.78 is 4.32. The second-order valence-electron chi connectivity index (χ2n) is 1.43. The quantitative estimate of drug-likeness (QED) is 0.374. The number of carboxylic acid groups (broad SMARTS) is 1. The van der Waals surface area contributed by atoms with Gasteiger partial charge < -0.3 is 14.3 Å². The van der Waals surface area contributed by atoms with Crippen LogP contribution in [-0.2, 0) is 0 Å². The third-order valence-electron chi connectivity index (χ3n) is 0.859. The molecular weight excluding hydrogens is 143 g/mol. The maximum absolute atomic E-state index is 10.0. The Hall–Kier alpha value is -1.23. The van der Waals surface area contributed by atoms with Gasteiger partial charge in [-0.05, 0) is 0 Å². The summed E-state index contributed by atoms with van der Waals surface area (Å²) >= 11 is 0. The van der Waals surface area contributed by atoms with E-state index < -0.39 is 11.7 Å². The summed E-state index contributed by atoms with van der Waals surface area (Å²) in [6.07, 6.45) is 0.879. The first kappa shape index (κ1) is 9.77. The minimum Gasteiger partial charge on any atom is -0.541 e. The van der Waals surface area contributed by atoms with Crippen molar-refractivity contribution in [2.45, 2.75) is 0 Å². The summed E-state index contributed by atoms with van der Waals surface area (Å²) in [7, 11) is 0. The Kier molecular flexibility index (Phi) is 3.39. The largest absolute Gasteiger partial charge is 1.00 e. The second kappa shape index (κ2) is 3.82. The Bertz CT molecular complexity index is 301. The van der Waals surface area contributed by atoms with Crippen molar-refractivity contribution in [3.8, 4) is 6.07 Å². The first-order chi connectivity index (χ1) is 4.75. The fourth-order valence-corrected chi connectivity index (χ4v) is 0.471. The van der Waals surface area contributed by atoms with Crippen molar-refractivity contribution in [1.82, 2.24) is 4.98 Å². The van der Waals surface area contributed by atoms with Crippen LogP contribution in [0.25, 0.3) is 0 Å². The van der Waals surface area contributed by atoms with Crippen LogP contribution in [0.15, 0.2) is 10.8 Å². The zero-order valence-corrected chi connectivity index (χ0v) is 5.70. The minimum absolute atomic E-state index is 0. The molecule has 0 N–H and O–H groups in total. The Morgan fingerprint density at radius 3 is 2.82 bits per heavy atom. The monoisotopic (exact) mass is 144 g/mol. The van der Waals surface area contributed by atoms with Crippen molar-refractivity contribution in [3.63, 3.8) is 0 Å². The number of carbonyl (C=O) groups excluding carboxylic acids is 1. The maximum Gasteiger partial charge on any atom is 1.00 e. The standard InChI is InChI=1S/C5H2N2O3.Li/c6-1-3-4(5(8)9)10-2-7-3;/h2H,(H,8,9);/q;+1/p-1. The van der Waals surface area contributed by atoms with Gasteiger partial charge in [0, 0.05) is 0 Å². The van der Waals surface area contributed by atoms with Gasteiger partial charge in [0.25, 0.3) is 0 Å². The van der Waals surface area contributed by atoms with E-state index in [1.165, 1.54) is 6.07 Å². The van der Waals surface area contributed by atoms with Crippen molar-refractivity contribution in [3.05, 3.63) is 17.8 Å². The van der Waals surface area contributed by atoms with E-state index in [2.05, 4.69) is 9.40 Å². The predicted octanol–water partition coefficient (Wildman–Crippen LogP) is -4.09. The molecule has 0 atom stereocenters. The Balaban J connectivity index is 0.000001000. The van der Waals surface area contributed by atoms with E-state index in [1.807, 2.05) is 0 Å². The number of aromatic nitrogens is 1. The summed E-state index contributed by atoms with van der Waals surface area (Å²) in [6.45, 7) is 0. The van der Waals surface area contributed by atoms with Gasteiger partial charge in [0.05, 0.1) is 0 Å². The van der Waals surface area contributed by atoms with Gasteiger partial charge in [-0.2, -0.15) is 5.26 Å². The Morgan fingerprint density at radius 1 is 1.82 bits per heavy atom. The molecule has 0 aromatic carbocycles. The number of nitriles is 1. The summed E-state index contributed by atoms with van der Waals surface area (Å²) in [5.41, 5.74) is -0.264.